The van der Waals surface area contributed by atoms with Gasteiger partial charge in [0.05, 0.1) is 0 Å². The van der Waals surface area contributed by atoms with Crippen molar-refractivity contribution in [2.45, 2.75) is 18.9 Å². The molecule has 10 heteroatoms. The van der Waals surface area contributed by atoms with E-state index in [1.807, 2.05) is 0 Å². The fraction of sp³-hybridized carbons (Fsp3) is 0.462. The Kier molecular flexibility index (Phi) is 7.59. The van der Waals surface area contributed by atoms with Crippen molar-refractivity contribution in [2.75, 3.05) is 20.8 Å². The molecule has 1 amide bonds. The quantitative estimate of drug-likeness (QED) is 0.256. The van der Waals surface area contributed by atoms with Gasteiger partial charge >= 0.3 is 9.28 Å². The number of halogens is 5. The average molecular weight is 357 g/mol. The monoisotopic (exact) mass is 357 g/mol. The minimum atomic E-state index is -2.30. The van der Waals surface area contributed by atoms with Crippen molar-refractivity contribution in [3.05, 3.63) is 34.6 Å². The SMILES string of the molecule is CO[SiH](CCCCNC(=O)c1c(F)c(F)c(F)c(F)c1F)OC. The minimum Gasteiger partial charge on any atom is -0.400 e. The Morgan fingerprint density at radius 1 is 0.913 bits per heavy atom. The zero-order chi connectivity index (χ0) is 17.6. The molecule has 1 N–H and O–H groups in total. The topological polar surface area (TPSA) is 47.6 Å². The van der Waals surface area contributed by atoms with Crippen LogP contribution in [0.4, 0.5) is 22.0 Å². The Balaban J connectivity index is 2.63. The number of rotatable bonds is 8. The normalized spacial score (nSPS) is 11.1. The zero-order valence-electron chi connectivity index (χ0n) is 12.5. The second-order valence-corrected chi connectivity index (χ2v) is 6.98. The Morgan fingerprint density at radius 3 is 1.87 bits per heavy atom. The third-order valence-corrected chi connectivity index (χ3v) is 5.05. The van der Waals surface area contributed by atoms with Gasteiger partial charge in [0.25, 0.3) is 5.91 Å². The van der Waals surface area contributed by atoms with Gasteiger partial charge in [0.2, 0.25) is 5.82 Å². The fourth-order valence-electron chi connectivity index (χ4n) is 1.86. The second-order valence-electron chi connectivity index (χ2n) is 4.60. The van der Waals surface area contributed by atoms with E-state index in [1.54, 1.807) is 0 Å². The van der Waals surface area contributed by atoms with E-state index in [0.29, 0.717) is 18.9 Å². The van der Waals surface area contributed by atoms with Gasteiger partial charge in [0.1, 0.15) is 5.56 Å². The number of hydrogen-bond acceptors (Lipinski definition) is 3. The lowest BCUT2D eigenvalue weighted by molar-refractivity contribution is 0.0941. The summed E-state index contributed by atoms with van der Waals surface area (Å²) in [7, 11) is 1.31. The van der Waals surface area contributed by atoms with Gasteiger partial charge in [0.15, 0.2) is 23.3 Å². The summed E-state index contributed by atoms with van der Waals surface area (Å²) in [6.45, 7) is 0.0207. The molecule has 0 unspecified atom stereocenters. The summed E-state index contributed by atoms with van der Waals surface area (Å²) < 4.78 is 75.9. The molecule has 0 bridgehead atoms. The molecule has 0 aliphatic rings. The first-order valence-corrected chi connectivity index (χ1v) is 8.46. The van der Waals surface area contributed by atoms with Crippen LogP contribution in [0.1, 0.15) is 23.2 Å². The van der Waals surface area contributed by atoms with Gasteiger partial charge in [-0.3, -0.25) is 4.79 Å². The van der Waals surface area contributed by atoms with E-state index in [9.17, 15) is 26.7 Å². The molecule has 0 saturated carbocycles. The molecule has 130 valence electrons. The zero-order valence-corrected chi connectivity index (χ0v) is 13.7. The highest BCUT2D eigenvalue weighted by Crippen LogP contribution is 2.22. The predicted octanol–water partition coefficient (Wildman–Crippen LogP) is 2.41. The Morgan fingerprint density at radius 2 is 1.39 bits per heavy atom. The number of unbranched alkanes of at least 4 members (excludes halogenated alkanes) is 1. The maximum atomic E-state index is 13.4. The highest BCUT2D eigenvalue weighted by atomic mass is 28.3. The van der Waals surface area contributed by atoms with Crippen molar-refractivity contribution in [2.24, 2.45) is 0 Å². The lowest BCUT2D eigenvalue weighted by Gasteiger charge is -2.11. The maximum Gasteiger partial charge on any atom is 0.320 e. The van der Waals surface area contributed by atoms with Crippen molar-refractivity contribution < 1.29 is 35.6 Å². The molecule has 23 heavy (non-hydrogen) atoms. The lowest BCUT2D eigenvalue weighted by Crippen LogP contribution is -2.28. The minimum absolute atomic E-state index is 0.0207. The molecule has 1 aromatic carbocycles. The highest BCUT2D eigenvalue weighted by molar-refractivity contribution is 6.44. The van der Waals surface area contributed by atoms with Crippen LogP contribution in [0, 0.1) is 29.1 Å². The predicted molar refractivity (Wildman–Crippen MR) is 73.8 cm³/mol. The summed E-state index contributed by atoms with van der Waals surface area (Å²) in [5, 5.41) is 2.12. The Labute approximate surface area is 131 Å². The molecule has 1 rings (SSSR count). The molecule has 0 heterocycles. The molecule has 0 aliphatic heterocycles. The standard InChI is InChI=1S/C13H16F5NO3Si/c1-21-23(22-2)6-4-3-5-19-13(20)7-8(14)10(16)12(18)11(17)9(7)15/h23H,3-6H2,1-2H3,(H,19,20). The van der Waals surface area contributed by atoms with Gasteiger partial charge in [-0.25, -0.2) is 22.0 Å². The van der Waals surface area contributed by atoms with Crippen LogP contribution in [0.2, 0.25) is 6.04 Å². The average Bonchev–Trinajstić information content (AvgIpc) is 2.54. The van der Waals surface area contributed by atoms with Crippen LogP contribution in [0.3, 0.4) is 0 Å². The third kappa shape index (κ3) is 4.72. The van der Waals surface area contributed by atoms with E-state index < -0.39 is 49.8 Å². The van der Waals surface area contributed by atoms with Crippen molar-refractivity contribution in [3.8, 4) is 0 Å². The first kappa shape index (κ1) is 19.5. The van der Waals surface area contributed by atoms with Crippen LogP contribution >= 0.6 is 0 Å². The first-order valence-electron chi connectivity index (χ1n) is 6.70. The number of amides is 1. The maximum absolute atomic E-state index is 13.4. The molecular weight excluding hydrogens is 341 g/mol. The van der Waals surface area contributed by atoms with Crippen molar-refractivity contribution in [3.63, 3.8) is 0 Å². The van der Waals surface area contributed by atoms with Gasteiger partial charge in [-0.1, -0.05) is 0 Å². The molecule has 0 saturated heterocycles. The van der Waals surface area contributed by atoms with Crippen LogP contribution in [-0.2, 0) is 8.85 Å². The van der Waals surface area contributed by atoms with Crippen LogP contribution in [0.15, 0.2) is 0 Å². The van der Waals surface area contributed by atoms with Gasteiger partial charge in [-0.2, -0.15) is 0 Å². The van der Waals surface area contributed by atoms with Gasteiger partial charge < -0.3 is 14.2 Å². The number of benzene rings is 1. The van der Waals surface area contributed by atoms with E-state index in [2.05, 4.69) is 5.32 Å². The van der Waals surface area contributed by atoms with Crippen LogP contribution in [0.25, 0.3) is 0 Å². The summed E-state index contributed by atoms with van der Waals surface area (Å²) in [4.78, 5) is 11.6. The molecule has 0 aromatic heterocycles. The summed E-state index contributed by atoms with van der Waals surface area (Å²) in [6.07, 6.45) is 1.06. The summed E-state index contributed by atoms with van der Waals surface area (Å²) in [5.41, 5.74) is -1.48. The van der Waals surface area contributed by atoms with Crippen LogP contribution < -0.4 is 5.32 Å². The summed E-state index contributed by atoms with van der Waals surface area (Å²) in [6, 6.07) is 0.658. The number of carbonyl (C=O) groups excluding carboxylic acids is 1. The van der Waals surface area contributed by atoms with Gasteiger partial charge in [-0.15, -0.1) is 0 Å². The largest absolute Gasteiger partial charge is 0.400 e. The third-order valence-electron chi connectivity index (χ3n) is 3.11. The van der Waals surface area contributed by atoms with E-state index in [0.717, 1.165) is 0 Å². The Hall–Kier alpha value is -1.52. The summed E-state index contributed by atoms with van der Waals surface area (Å²) in [5.74, 6) is -12.3. The second kappa shape index (κ2) is 8.94. The summed E-state index contributed by atoms with van der Waals surface area (Å²) >= 11 is 0. The number of nitrogens with one attached hydrogen (secondary N) is 1. The van der Waals surface area contributed by atoms with E-state index >= 15 is 0 Å². The van der Waals surface area contributed by atoms with Crippen LogP contribution in [-0.4, -0.2) is 36.0 Å². The van der Waals surface area contributed by atoms with E-state index in [-0.39, 0.29) is 6.54 Å². The van der Waals surface area contributed by atoms with Gasteiger partial charge in [-0.05, 0) is 18.9 Å². The molecule has 4 nitrogen and oxygen atoms in total. The molecule has 0 aliphatic carbocycles. The first-order chi connectivity index (χ1) is 10.8. The number of carbonyl (C=O) groups is 1. The molecule has 1 aromatic rings. The van der Waals surface area contributed by atoms with E-state index in [4.69, 9.17) is 8.85 Å². The highest BCUT2D eigenvalue weighted by Gasteiger charge is 2.29. The van der Waals surface area contributed by atoms with E-state index in [1.165, 1.54) is 14.2 Å². The lowest BCUT2D eigenvalue weighted by atomic mass is 10.1. The Bertz CT molecular complexity index is 540. The molecule has 0 radical (unpaired) electrons. The fourth-order valence-corrected chi connectivity index (χ4v) is 3.15. The molecule has 0 fully saturated rings. The molecule has 0 atom stereocenters. The molecule has 0 spiro atoms. The van der Waals surface area contributed by atoms with Crippen molar-refractivity contribution >= 4 is 15.2 Å². The van der Waals surface area contributed by atoms with Gasteiger partial charge in [0, 0.05) is 20.8 Å². The molecular formula is C13H16F5NO3Si. The van der Waals surface area contributed by atoms with Crippen LogP contribution in [0.5, 0.6) is 0 Å². The smallest absolute Gasteiger partial charge is 0.320 e. The number of hydrogen-bond donors (Lipinski definition) is 1. The van der Waals surface area contributed by atoms with Crippen molar-refractivity contribution in [1.82, 2.24) is 5.32 Å². The van der Waals surface area contributed by atoms with Crippen molar-refractivity contribution in [1.29, 1.82) is 0 Å².